The molecule has 0 aliphatic rings. The number of Topliss-reactive ketones (excluding diaryl/α,β-unsaturated/α-hetero) is 1. The molecule has 1 heterocycles. The number of carboxylic acid groups (broad SMARTS) is 1. The van der Waals surface area contributed by atoms with Crippen LogP contribution >= 0.6 is 11.6 Å². The number of halogens is 1. The lowest BCUT2D eigenvalue weighted by Gasteiger charge is -2.10. The highest BCUT2D eigenvalue weighted by atomic mass is 35.5. The largest absolute Gasteiger partial charge is 0.479 e. The number of ether oxygens (including phenoxy) is 1. The van der Waals surface area contributed by atoms with E-state index >= 15 is 0 Å². The summed E-state index contributed by atoms with van der Waals surface area (Å²) in [5.74, 6) is -2.10. The van der Waals surface area contributed by atoms with Crippen molar-refractivity contribution in [1.82, 2.24) is 4.73 Å². The fourth-order valence-electron chi connectivity index (χ4n) is 2.97. The Kier molecular flexibility index (Phi) is 6.19. The van der Waals surface area contributed by atoms with Gasteiger partial charge in [-0.3, -0.25) is 9.59 Å². The van der Waals surface area contributed by atoms with E-state index < -0.39 is 18.5 Å². The van der Waals surface area contributed by atoms with Crippen LogP contribution in [0.3, 0.4) is 0 Å². The lowest BCUT2D eigenvalue weighted by molar-refractivity contribution is -0.154. The van der Waals surface area contributed by atoms with Gasteiger partial charge in [0.2, 0.25) is 5.78 Å². The Bertz CT molecular complexity index is 1070. The van der Waals surface area contributed by atoms with Gasteiger partial charge in [-0.05, 0) is 42.8 Å². The van der Waals surface area contributed by atoms with E-state index in [4.69, 9.17) is 26.3 Å². The Morgan fingerprint density at radius 1 is 1.03 bits per heavy atom. The van der Waals surface area contributed by atoms with Gasteiger partial charge in [0.15, 0.2) is 13.2 Å². The van der Waals surface area contributed by atoms with E-state index in [1.807, 2.05) is 18.2 Å². The quantitative estimate of drug-likeness (QED) is 0.448. The third-order valence-corrected chi connectivity index (χ3v) is 4.61. The van der Waals surface area contributed by atoms with E-state index in [1.54, 1.807) is 37.3 Å². The first-order valence-electron chi connectivity index (χ1n) is 8.75. The predicted octanol–water partition coefficient (Wildman–Crippen LogP) is 3.08. The Morgan fingerprint density at radius 2 is 1.72 bits per heavy atom. The molecule has 8 heteroatoms. The fourth-order valence-corrected chi connectivity index (χ4v) is 3.10. The molecular weight excluding hydrogens is 398 g/mol. The van der Waals surface area contributed by atoms with Gasteiger partial charge < -0.3 is 14.7 Å². The lowest BCUT2D eigenvalue weighted by atomic mass is 10.1. The highest BCUT2D eigenvalue weighted by Crippen LogP contribution is 2.26. The molecule has 2 aromatic carbocycles. The zero-order chi connectivity index (χ0) is 21.0. The van der Waals surface area contributed by atoms with Gasteiger partial charge in [0, 0.05) is 16.0 Å². The Labute approximate surface area is 171 Å². The molecule has 3 rings (SSSR count). The van der Waals surface area contributed by atoms with Crippen LogP contribution in [-0.4, -0.2) is 40.8 Å². The first-order valence-corrected chi connectivity index (χ1v) is 9.13. The minimum absolute atomic E-state index is 0.110. The molecule has 1 aromatic heterocycles. The summed E-state index contributed by atoms with van der Waals surface area (Å²) in [7, 11) is 0. The number of para-hydroxylation sites is 1. The first-order chi connectivity index (χ1) is 13.9. The normalized spacial score (nSPS) is 10.7. The minimum Gasteiger partial charge on any atom is -0.479 e. The van der Waals surface area contributed by atoms with Crippen molar-refractivity contribution in [2.24, 2.45) is 0 Å². The molecule has 7 nitrogen and oxygen atoms in total. The molecule has 0 bridgehead atoms. The maximum atomic E-state index is 12.4. The summed E-state index contributed by atoms with van der Waals surface area (Å²) in [6.45, 7) is 0.860. The Hall–Kier alpha value is -3.32. The van der Waals surface area contributed by atoms with E-state index in [9.17, 15) is 14.4 Å². The lowest BCUT2D eigenvalue weighted by Crippen LogP contribution is -2.21. The number of carbonyl (C=O) groups excluding carboxylic acids is 2. The van der Waals surface area contributed by atoms with Crippen molar-refractivity contribution < 1.29 is 29.1 Å². The molecule has 0 radical (unpaired) electrons. The number of hydrogen-bond donors (Lipinski definition) is 1. The molecule has 0 saturated heterocycles. The van der Waals surface area contributed by atoms with Gasteiger partial charge >= 0.3 is 11.9 Å². The predicted molar refractivity (Wildman–Crippen MR) is 106 cm³/mol. The van der Waals surface area contributed by atoms with Crippen molar-refractivity contribution in [3.63, 3.8) is 0 Å². The third-order valence-electron chi connectivity index (χ3n) is 4.36. The number of nitrogens with zero attached hydrogens (tertiary/aromatic N) is 1. The number of carboxylic acids is 1. The number of esters is 1. The van der Waals surface area contributed by atoms with Gasteiger partial charge in [-0.1, -0.05) is 29.8 Å². The maximum Gasteiger partial charge on any atom is 0.341 e. The van der Waals surface area contributed by atoms with Crippen LogP contribution in [0.2, 0.25) is 5.02 Å². The van der Waals surface area contributed by atoms with Crippen molar-refractivity contribution in [2.45, 2.75) is 13.3 Å². The number of aliphatic carboxylic acids is 1. The number of hydrogen-bond acceptors (Lipinski definition) is 5. The van der Waals surface area contributed by atoms with Crippen molar-refractivity contribution in [3.05, 3.63) is 70.4 Å². The van der Waals surface area contributed by atoms with Crippen molar-refractivity contribution in [3.8, 4) is 0 Å². The number of carbonyl (C=O) groups is 3. The van der Waals surface area contributed by atoms with E-state index in [0.717, 1.165) is 5.39 Å². The van der Waals surface area contributed by atoms with Gasteiger partial charge in [0.25, 0.3) is 0 Å². The van der Waals surface area contributed by atoms with E-state index in [1.165, 1.54) is 4.73 Å². The molecule has 0 amide bonds. The number of aromatic nitrogens is 1. The highest BCUT2D eigenvalue weighted by molar-refractivity contribution is 6.30. The average molecular weight is 416 g/mol. The van der Waals surface area contributed by atoms with Gasteiger partial charge in [-0.2, -0.15) is 4.73 Å². The number of rotatable bonds is 8. The zero-order valence-electron chi connectivity index (χ0n) is 15.6. The molecule has 29 heavy (non-hydrogen) atoms. The summed E-state index contributed by atoms with van der Waals surface area (Å²) in [4.78, 5) is 40.7. The van der Waals surface area contributed by atoms with E-state index in [2.05, 4.69) is 0 Å². The van der Waals surface area contributed by atoms with E-state index in [0.29, 0.717) is 27.4 Å². The Morgan fingerprint density at radius 3 is 2.41 bits per heavy atom. The molecule has 0 unspecified atom stereocenters. The smallest absolute Gasteiger partial charge is 0.341 e. The number of ketones is 1. The molecule has 3 aromatic rings. The van der Waals surface area contributed by atoms with Crippen LogP contribution < -0.4 is 4.84 Å². The Balaban J connectivity index is 1.82. The van der Waals surface area contributed by atoms with Crippen LogP contribution in [0.25, 0.3) is 10.9 Å². The standard InChI is InChI=1S/C21H18ClNO6/c1-13-17(10-21(27)28-12-20(25)26)16-4-2-3-5-18(16)23(13)29-11-19(24)14-6-8-15(22)9-7-14/h2-9H,10-12H2,1H3,(H,25,26). The molecule has 1 N–H and O–H groups in total. The SMILES string of the molecule is Cc1c(CC(=O)OCC(=O)O)c2ccccc2n1OCC(=O)c1ccc(Cl)cc1. The molecule has 0 fully saturated rings. The van der Waals surface area contributed by atoms with E-state index in [-0.39, 0.29) is 18.8 Å². The summed E-state index contributed by atoms with van der Waals surface area (Å²) >= 11 is 5.84. The van der Waals surface area contributed by atoms with Gasteiger partial charge in [0.1, 0.15) is 0 Å². The molecular formula is C21H18ClNO6. The summed E-state index contributed by atoms with van der Waals surface area (Å²) < 4.78 is 6.24. The summed E-state index contributed by atoms with van der Waals surface area (Å²) in [6, 6.07) is 13.8. The van der Waals surface area contributed by atoms with Crippen LogP contribution in [0.4, 0.5) is 0 Å². The van der Waals surface area contributed by atoms with Crippen molar-refractivity contribution in [1.29, 1.82) is 0 Å². The second-order valence-corrected chi connectivity index (χ2v) is 6.75. The topological polar surface area (TPSA) is 94.8 Å². The van der Waals surface area contributed by atoms with Crippen LogP contribution in [0.1, 0.15) is 21.6 Å². The minimum atomic E-state index is -1.22. The van der Waals surface area contributed by atoms with Crippen LogP contribution in [-0.2, 0) is 20.7 Å². The maximum absolute atomic E-state index is 12.4. The fraction of sp³-hybridized carbons (Fsp3) is 0.190. The second kappa shape index (κ2) is 8.79. The van der Waals surface area contributed by atoms with Crippen LogP contribution in [0.5, 0.6) is 0 Å². The molecule has 0 aliphatic carbocycles. The molecule has 0 saturated carbocycles. The van der Waals surface area contributed by atoms with Crippen LogP contribution in [0, 0.1) is 6.92 Å². The number of benzene rings is 2. The monoisotopic (exact) mass is 415 g/mol. The summed E-state index contributed by atoms with van der Waals surface area (Å²) in [6.07, 6.45) is -0.110. The molecule has 0 aliphatic heterocycles. The van der Waals surface area contributed by atoms with Crippen molar-refractivity contribution >= 4 is 40.2 Å². The highest BCUT2D eigenvalue weighted by Gasteiger charge is 2.19. The van der Waals surface area contributed by atoms with Crippen molar-refractivity contribution in [2.75, 3.05) is 13.2 Å². The van der Waals surface area contributed by atoms with Gasteiger partial charge in [-0.15, -0.1) is 0 Å². The molecule has 0 spiro atoms. The van der Waals surface area contributed by atoms with Gasteiger partial charge in [0.05, 0.1) is 17.6 Å². The number of fused-ring (bicyclic) bond motifs is 1. The summed E-state index contributed by atoms with van der Waals surface area (Å²) in [5.41, 5.74) is 2.44. The van der Waals surface area contributed by atoms with Crippen LogP contribution in [0.15, 0.2) is 48.5 Å². The van der Waals surface area contributed by atoms with Gasteiger partial charge in [-0.25, -0.2) is 4.79 Å². The average Bonchev–Trinajstić information content (AvgIpc) is 2.96. The third kappa shape index (κ3) is 4.75. The second-order valence-electron chi connectivity index (χ2n) is 6.31. The zero-order valence-corrected chi connectivity index (χ0v) is 16.3. The molecule has 150 valence electrons. The first kappa shape index (κ1) is 20.4. The summed E-state index contributed by atoms with van der Waals surface area (Å²) in [5, 5.41) is 9.95. The molecule has 0 atom stereocenters.